The predicted octanol–water partition coefficient (Wildman–Crippen LogP) is 3.47. The Morgan fingerprint density at radius 1 is 0.800 bits per heavy atom. The standard InChI is InChI=1S/C7H7F9O3S/c8-4(9,2-1-3-5(10,11)12)6(13,14)7(15,16)20(17,18)19/h1-3H2,(H,17,18,19). The van der Waals surface area contributed by atoms with Crippen molar-refractivity contribution in [3.05, 3.63) is 0 Å². The van der Waals surface area contributed by atoms with Gasteiger partial charge in [0.05, 0.1) is 0 Å². The molecule has 0 aromatic rings. The molecule has 0 bridgehead atoms. The molecule has 0 atom stereocenters. The molecular formula is C7H7F9O3S. The van der Waals surface area contributed by atoms with Gasteiger partial charge in [0.15, 0.2) is 0 Å². The Hall–Kier alpha value is -0.720. The molecule has 20 heavy (non-hydrogen) atoms. The summed E-state index contributed by atoms with van der Waals surface area (Å²) in [6.07, 6.45) is -10.9. The van der Waals surface area contributed by atoms with Gasteiger partial charge in [-0.2, -0.15) is 47.9 Å². The van der Waals surface area contributed by atoms with Gasteiger partial charge in [-0.1, -0.05) is 0 Å². The highest BCUT2D eigenvalue weighted by molar-refractivity contribution is 7.87. The molecule has 0 amide bonds. The Bertz CT molecular complexity index is 439. The van der Waals surface area contributed by atoms with Crippen LogP contribution >= 0.6 is 0 Å². The van der Waals surface area contributed by atoms with E-state index in [0.29, 0.717) is 0 Å². The van der Waals surface area contributed by atoms with Gasteiger partial charge in [-0.15, -0.1) is 0 Å². The second-order valence-corrected chi connectivity index (χ2v) is 5.20. The summed E-state index contributed by atoms with van der Waals surface area (Å²) < 4.78 is 139. The maximum absolute atomic E-state index is 12.8. The van der Waals surface area contributed by atoms with Crippen LogP contribution in [0.3, 0.4) is 0 Å². The summed E-state index contributed by atoms with van der Waals surface area (Å²) in [6.45, 7) is 0. The summed E-state index contributed by atoms with van der Waals surface area (Å²) in [6, 6.07) is 0. The first-order chi connectivity index (χ1) is 8.46. The molecule has 0 fully saturated rings. The largest absolute Gasteiger partial charge is 0.437 e. The van der Waals surface area contributed by atoms with Crippen molar-refractivity contribution in [1.29, 1.82) is 0 Å². The van der Waals surface area contributed by atoms with Gasteiger partial charge >= 0.3 is 33.4 Å². The lowest BCUT2D eigenvalue weighted by Crippen LogP contribution is -2.57. The molecule has 0 radical (unpaired) electrons. The number of hydrogen-bond donors (Lipinski definition) is 1. The quantitative estimate of drug-likeness (QED) is 0.594. The van der Waals surface area contributed by atoms with Crippen molar-refractivity contribution in [3.63, 3.8) is 0 Å². The zero-order valence-corrected chi connectivity index (χ0v) is 10.0. The zero-order chi connectivity index (χ0) is 16.6. The summed E-state index contributed by atoms with van der Waals surface area (Å²) in [5.74, 6) is -12.3. The molecule has 0 aliphatic heterocycles. The summed E-state index contributed by atoms with van der Waals surface area (Å²) in [5.41, 5.74) is 0. The van der Waals surface area contributed by atoms with Crippen LogP contribution in [0, 0.1) is 0 Å². The SMILES string of the molecule is O=S(=O)(O)C(F)(F)C(F)(F)C(F)(F)CCCC(F)(F)F. The van der Waals surface area contributed by atoms with E-state index < -0.39 is 52.7 Å². The highest BCUT2D eigenvalue weighted by Crippen LogP contribution is 2.50. The Morgan fingerprint density at radius 3 is 1.50 bits per heavy atom. The molecule has 0 aromatic carbocycles. The van der Waals surface area contributed by atoms with Gasteiger partial charge in [-0.3, -0.25) is 4.55 Å². The van der Waals surface area contributed by atoms with Crippen LogP contribution in [0.15, 0.2) is 0 Å². The molecule has 0 rings (SSSR count). The molecule has 0 spiro atoms. The lowest BCUT2D eigenvalue weighted by atomic mass is 10.0. The van der Waals surface area contributed by atoms with Crippen LogP contribution in [0.25, 0.3) is 0 Å². The maximum atomic E-state index is 12.8. The first kappa shape index (κ1) is 19.3. The lowest BCUT2D eigenvalue weighted by molar-refractivity contribution is -0.284. The fourth-order valence-electron chi connectivity index (χ4n) is 1.04. The molecule has 0 saturated heterocycles. The number of alkyl halides is 9. The van der Waals surface area contributed by atoms with E-state index in [2.05, 4.69) is 0 Å². The van der Waals surface area contributed by atoms with Crippen LogP contribution in [-0.2, 0) is 10.1 Å². The summed E-state index contributed by atoms with van der Waals surface area (Å²) in [4.78, 5) is 0. The third-order valence-electron chi connectivity index (χ3n) is 2.10. The van der Waals surface area contributed by atoms with Crippen molar-refractivity contribution < 1.29 is 52.5 Å². The summed E-state index contributed by atoms with van der Waals surface area (Å²) in [5, 5.41) is -6.54. The molecule has 0 heterocycles. The van der Waals surface area contributed by atoms with Crippen molar-refractivity contribution in [3.8, 4) is 0 Å². The molecule has 0 saturated carbocycles. The van der Waals surface area contributed by atoms with Gasteiger partial charge in [0.2, 0.25) is 0 Å². The van der Waals surface area contributed by atoms with Gasteiger partial charge < -0.3 is 0 Å². The van der Waals surface area contributed by atoms with Crippen LogP contribution < -0.4 is 0 Å². The van der Waals surface area contributed by atoms with E-state index in [1.54, 1.807) is 0 Å². The minimum Gasteiger partial charge on any atom is -0.281 e. The average molecular weight is 342 g/mol. The van der Waals surface area contributed by atoms with E-state index in [9.17, 15) is 47.9 Å². The molecular weight excluding hydrogens is 335 g/mol. The molecule has 0 aliphatic carbocycles. The van der Waals surface area contributed by atoms with Gasteiger partial charge in [0.25, 0.3) is 0 Å². The molecule has 1 N–H and O–H groups in total. The Balaban J connectivity index is 5.18. The predicted molar refractivity (Wildman–Crippen MR) is 46.3 cm³/mol. The van der Waals surface area contributed by atoms with Crippen molar-refractivity contribution >= 4 is 10.1 Å². The highest BCUT2D eigenvalue weighted by Gasteiger charge is 2.76. The van der Waals surface area contributed by atoms with Gasteiger partial charge in [0.1, 0.15) is 0 Å². The fraction of sp³-hybridized carbons (Fsp3) is 1.00. The van der Waals surface area contributed by atoms with E-state index in [4.69, 9.17) is 4.55 Å². The monoisotopic (exact) mass is 342 g/mol. The van der Waals surface area contributed by atoms with E-state index in [1.807, 2.05) is 0 Å². The van der Waals surface area contributed by atoms with Crippen LogP contribution in [0.4, 0.5) is 39.5 Å². The number of rotatable bonds is 6. The fourth-order valence-corrected chi connectivity index (χ4v) is 1.52. The highest BCUT2D eigenvalue weighted by atomic mass is 32.2. The van der Waals surface area contributed by atoms with Gasteiger partial charge in [-0.25, -0.2) is 0 Å². The van der Waals surface area contributed by atoms with E-state index in [1.165, 1.54) is 0 Å². The van der Waals surface area contributed by atoms with Gasteiger partial charge in [-0.05, 0) is 6.42 Å². The van der Waals surface area contributed by atoms with Crippen molar-refractivity contribution in [2.45, 2.75) is 42.5 Å². The van der Waals surface area contributed by atoms with Crippen molar-refractivity contribution in [2.75, 3.05) is 0 Å². The van der Waals surface area contributed by atoms with Crippen LogP contribution in [0.2, 0.25) is 0 Å². The average Bonchev–Trinajstić information content (AvgIpc) is 2.12. The molecule has 13 heteroatoms. The first-order valence-electron chi connectivity index (χ1n) is 4.63. The Labute approximate surface area is 106 Å². The van der Waals surface area contributed by atoms with Gasteiger partial charge in [0, 0.05) is 12.8 Å². The number of halogens is 9. The van der Waals surface area contributed by atoms with Crippen molar-refractivity contribution in [1.82, 2.24) is 0 Å². The van der Waals surface area contributed by atoms with E-state index in [0.717, 1.165) is 0 Å². The third-order valence-corrected chi connectivity index (χ3v) is 3.00. The summed E-state index contributed by atoms with van der Waals surface area (Å²) in [7, 11) is -6.88. The van der Waals surface area contributed by atoms with E-state index in [-0.39, 0.29) is 0 Å². The summed E-state index contributed by atoms with van der Waals surface area (Å²) >= 11 is 0. The van der Waals surface area contributed by atoms with Crippen molar-refractivity contribution in [2.24, 2.45) is 0 Å². The molecule has 122 valence electrons. The third kappa shape index (κ3) is 3.90. The Morgan fingerprint density at radius 2 is 1.20 bits per heavy atom. The molecule has 0 aliphatic rings. The normalized spacial score (nSPS) is 15.5. The van der Waals surface area contributed by atoms with Crippen LogP contribution in [-0.4, -0.2) is 36.2 Å². The van der Waals surface area contributed by atoms with E-state index >= 15 is 0 Å². The number of hydrogen-bond acceptors (Lipinski definition) is 2. The molecule has 3 nitrogen and oxygen atoms in total. The minimum absolute atomic E-state index is 1.63. The molecule has 0 aromatic heterocycles. The zero-order valence-electron chi connectivity index (χ0n) is 9.19. The molecule has 0 unspecified atom stereocenters. The lowest BCUT2D eigenvalue weighted by Gasteiger charge is -2.30. The smallest absolute Gasteiger partial charge is 0.281 e. The topological polar surface area (TPSA) is 54.4 Å². The van der Waals surface area contributed by atoms with Crippen LogP contribution in [0.5, 0.6) is 0 Å². The first-order valence-corrected chi connectivity index (χ1v) is 6.07. The van der Waals surface area contributed by atoms with Crippen LogP contribution in [0.1, 0.15) is 19.3 Å². The Kier molecular flexibility index (Phi) is 5.05. The second-order valence-electron chi connectivity index (χ2n) is 3.74. The minimum atomic E-state index is -6.88. The second kappa shape index (κ2) is 5.24. The maximum Gasteiger partial charge on any atom is 0.437 e.